The number of nitrogens with zero attached hydrogens (tertiary/aromatic N) is 1. The third-order valence-electron chi connectivity index (χ3n) is 2.24. The lowest BCUT2D eigenvalue weighted by Gasteiger charge is -2.07. The Morgan fingerprint density at radius 1 is 1.56 bits per heavy atom. The van der Waals surface area contributed by atoms with Crippen LogP contribution in [0.1, 0.15) is 17.3 Å². The fourth-order valence-electron chi connectivity index (χ4n) is 1.22. The first-order chi connectivity index (χ1) is 8.45. The van der Waals surface area contributed by atoms with Crippen molar-refractivity contribution in [1.82, 2.24) is 0 Å². The highest BCUT2D eigenvalue weighted by Gasteiger charge is 2.20. The van der Waals surface area contributed by atoms with Gasteiger partial charge >= 0.3 is 5.97 Å². The van der Waals surface area contributed by atoms with Crippen LogP contribution in [0, 0.1) is 16.0 Å². The van der Waals surface area contributed by atoms with Crippen molar-refractivity contribution in [2.75, 3.05) is 12.4 Å². The van der Waals surface area contributed by atoms with Gasteiger partial charge in [0.05, 0.1) is 4.92 Å². The molecule has 0 aliphatic carbocycles. The van der Waals surface area contributed by atoms with Gasteiger partial charge in [-0.1, -0.05) is 6.92 Å². The van der Waals surface area contributed by atoms with E-state index in [0.717, 1.165) is 0 Å². The summed E-state index contributed by atoms with van der Waals surface area (Å²) in [5.41, 5.74) is -0.733. The Morgan fingerprint density at radius 3 is 2.72 bits per heavy atom. The van der Waals surface area contributed by atoms with Gasteiger partial charge < -0.3 is 10.2 Å². The van der Waals surface area contributed by atoms with Gasteiger partial charge in [-0.05, 0) is 18.1 Å². The van der Waals surface area contributed by atoms with Crippen molar-refractivity contribution < 1.29 is 19.9 Å². The molecule has 2 N–H and O–H groups in total. The molecular weight excluding hydrogens is 258 g/mol. The van der Waals surface area contributed by atoms with Gasteiger partial charge in [0, 0.05) is 23.3 Å². The average molecular weight is 271 g/mol. The van der Waals surface area contributed by atoms with Crippen LogP contribution in [-0.2, 0) is 0 Å². The molecule has 1 aromatic carbocycles. The highest BCUT2D eigenvalue weighted by Crippen LogP contribution is 2.27. The monoisotopic (exact) mass is 271 g/mol. The topological polar surface area (TPSA) is 101 Å². The van der Waals surface area contributed by atoms with E-state index in [4.69, 9.17) is 10.2 Å². The van der Waals surface area contributed by atoms with Crippen molar-refractivity contribution in [3.8, 4) is 0 Å². The molecule has 1 atom stereocenters. The molecule has 0 amide bonds. The largest absolute Gasteiger partial charge is 0.477 e. The number of carboxylic acids is 1. The fourth-order valence-corrected chi connectivity index (χ4v) is 2.17. The van der Waals surface area contributed by atoms with E-state index in [9.17, 15) is 14.9 Å². The predicted octanol–water partition coefficient (Wildman–Crippen LogP) is 2.01. The number of nitro groups is 1. The first kappa shape index (κ1) is 14.5. The van der Waals surface area contributed by atoms with Gasteiger partial charge in [0.25, 0.3) is 5.69 Å². The quantitative estimate of drug-likeness (QED) is 0.466. The van der Waals surface area contributed by atoms with Crippen LogP contribution in [0.15, 0.2) is 23.1 Å². The van der Waals surface area contributed by atoms with Crippen molar-refractivity contribution in [3.63, 3.8) is 0 Å². The van der Waals surface area contributed by atoms with Crippen LogP contribution in [0.2, 0.25) is 0 Å². The molecule has 18 heavy (non-hydrogen) atoms. The summed E-state index contributed by atoms with van der Waals surface area (Å²) in [6.45, 7) is 1.90. The van der Waals surface area contributed by atoms with Crippen molar-refractivity contribution >= 4 is 23.4 Å². The molecule has 6 nitrogen and oxygen atoms in total. The fraction of sp³-hybridized carbons (Fsp3) is 0.364. The molecule has 0 spiro atoms. The van der Waals surface area contributed by atoms with Gasteiger partial charge in [0.2, 0.25) is 0 Å². The first-order valence-electron chi connectivity index (χ1n) is 5.21. The van der Waals surface area contributed by atoms with E-state index in [2.05, 4.69) is 0 Å². The van der Waals surface area contributed by atoms with Crippen LogP contribution in [0.25, 0.3) is 0 Å². The zero-order chi connectivity index (χ0) is 13.7. The summed E-state index contributed by atoms with van der Waals surface area (Å²) in [4.78, 5) is 21.5. The Balaban J connectivity index is 2.93. The summed E-state index contributed by atoms with van der Waals surface area (Å²) < 4.78 is 0. The van der Waals surface area contributed by atoms with Crippen LogP contribution < -0.4 is 0 Å². The molecule has 0 radical (unpaired) electrons. The number of benzene rings is 1. The van der Waals surface area contributed by atoms with Crippen molar-refractivity contribution in [2.24, 2.45) is 5.92 Å². The lowest BCUT2D eigenvalue weighted by molar-refractivity contribution is -0.385. The number of aliphatic hydroxyl groups is 1. The Hall–Kier alpha value is -1.60. The average Bonchev–Trinajstić information content (AvgIpc) is 2.35. The smallest absolute Gasteiger partial charge is 0.342 e. The maximum atomic E-state index is 10.8. The zero-order valence-corrected chi connectivity index (χ0v) is 10.5. The van der Waals surface area contributed by atoms with E-state index in [1.165, 1.54) is 30.0 Å². The summed E-state index contributed by atoms with van der Waals surface area (Å²) in [5, 5.41) is 28.5. The summed E-state index contributed by atoms with van der Waals surface area (Å²) in [7, 11) is 0. The highest BCUT2D eigenvalue weighted by molar-refractivity contribution is 7.99. The third-order valence-corrected chi connectivity index (χ3v) is 3.57. The van der Waals surface area contributed by atoms with Gasteiger partial charge in [-0.2, -0.15) is 0 Å². The molecule has 0 saturated carbocycles. The molecule has 1 rings (SSSR count). The number of rotatable bonds is 6. The summed E-state index contributed by atoms with van der Waals surface area (Å²) in [5.74, 6) is -0.629. The summed E-state index contributed by atoms with van der Waals surface area (Å²) in [6.07, 6.45) is 0. The Labute approximate surface area is 108 Å². The molecule has 1 aromatic rings. The molecule has 98 valence electrons. The molecular formula is C11H13NO5S. The van der Waals surface area contributed by atoms with Crippen LogP contribution >= 0.6 is 11.8 Å². The second kappa shape index (κ2) is 6.36. The number of aromatic carboxylic acids is 1. The van der Waals surface area contributed by atoms with Gasteiger partial charge in [0.15, 0.2) is 0 Å². The van der Waals surface area contributed by atoms with E-state index in [0.29, 0.717) is 10.6 Å². The van der Waals surface area contributed by atoms with Crippen molar-refractivity contribution in [1.29, 1.82) is 0 Å². The van der Waals surface area contributed by atoms with Crippen molar-refractivity contribution in [3.05, 3.63) is 33.9 Å². The standard InChI is InChI=1S/C11H13NO5S/c1-7(5-13)6-18-8-2-3-9(11(14)15)10(4-8)12(16)17/h2-4,7,13H,5-6H2,1H3,(H,14,15). The van der Waals surface area contributed by atoms with E-state index < -0.39 is 16.6 Å². The van der Waals surface area contributed by atoms with Gasteiger partial charge in [0.1, 0.15) is 5.56 Å². The van der Waals surface area contributed by atoms with Crippen molar-refractivity contribution in [2.45, 2.75) is 11.8 Å². The number of thioether (sulfide) groups is 1. The molecule has 0 fully saturated rings. The number of carbonyl (C=O) groups is 1. The van der Waals surface area contributed by atoms with Crippen LogP contribution in [0.5, 0.6) is 0 Å². The molecule has 0 bridgehead atoms. The minimum atomic E-state index is -1.32. The Kier molecular flexibility index (Phi) is 5.11. The zero-order valence-electron chi connectivity index (χ0n) is 9.70. The molecule has 0 aliphatic heterocycles. The molecule has 0 heterocycles. The van der Waals surface area contributed by atoms with Gasteiger partial charge in [-0.25, -0.2) is 4.79 Å². The van der Waals surface area contributed by atoms with Crippen LogP contribution in [-0.4, -0.2) is 33.5 Å². The molecule has 1 unspecified atom stereocenters. The maximum Gasteiger partial charge on any atom is 0.342 e. The highest BCUT2D eigenvalue weighted by atomic mass is 32.2. The molecule has 0 saturated heterocycles. The Morgan fingerprint density at radius 2 is 2.22 bits per heavy atom. The number of carboxylic acid groups (broad SMARTS) is 1. The number of aliphatic hydroxyl groups excluding tert-OH is 1. The van der Waals surface area contributed by atoms with E-state index in [-0.39, 0.29) is 18.1 Å². The number of hydrogen-bond donors (Lipinski definition) is 2. The lowest BCUT2D eigenvalue weighted by atomic mass is 10.2. The summed E-state index contributed by atoms with van der Waals surface area (Å²) in [6, 6.07) is 4.01. The van der Waals surface area contributed by atoms with E-state index >= 15 is 0 Å². The molecule has 0 aliphatic rings. The van der Waals surface area contributed by atoms with Crippen LogP contribution in [0.4, 0.5) is 5.69 Å². The normalized spacial score (nSPS) is 12.1. The second-order valence-corrected chi connectivity index (χ2v) is 4.93. The Bertz CT molecular complexity index is 463. The third kappa shape index (κ3) is 3.71. The minimum Gasteiger partial charge on any atom is -0.477 e. The first-order valence-corrected chi connectivity index (χ1v) is 6.19. The van der Waals surface area contributed by atoms with E-state index in [1.54, 1.807) is 0 Å². The maximum absolute atomic E-state index is 10.8. The molecule has 7 heteroatoms. The van der Waals surface area contributed by atoms with Crippen LogP contribution in [0.3, 0.4) is 0 Å². The van der Waals surface area contributed by atoms with E-state index in [1.807, 2.05) is 6.92 Å². The van der Waals surface area contributed by atoms with Gasteiger partial charge in [-0.15, -0.1) is 11.8 Å². The summed E-state index contributed by atoms with van der Waals surface area (Å²) >= 11 is 1.35. The number of hydrogen-bond acceptors (Lipinski definition) is 5. The molecule has 0 aromatic heterocycles. The lowest BCUT2D eigenvalue weighted by Crippen LogP contribution is -2.04. The SMILES string of the molecule is CC(CO)CSc1ccc(C(=O)O)c([N+](=O)[O-])c1. The predicted molar refractivity (Wildman–Crippen MR) is 67.0 cm³/mol. The number of nitro benzene ring substituents is 1. The minimum absolute atomic E-state index is 0.0440. The van der Waals surface area contributed by atoms with Gasteiger partial charge in [-0.3, -0.25) is 10.1 Å². The second-order valence-electron chi connectivity index (χ2n) is 3.84.